The molecular formula is C12H12ClN3O2. The van der Waals surface area contributed by atoms with E-state index < -0.39 is 0 Å². The van der Waals surface area contributed by atoms with Gasteiger partial charge in [-0.25, -0.2) is 0 Å². The van der Waals surface area contributed by atoms with Gasteiger partial charge in [-0.3, -0.25) is 4.79 Å². The fourth-order valence-electron chi connectivity index (χ4n) is 1.22. The second-order valence-corrected chi connectivity index (χ2v) is 3.74. The fraction of sp³-hybridized carbons (Fsp3) is 0.250. The van der Waals surface area contributed by atoms with E-state index in [1.54, 1.807) is 30.4 Å². The van der Waals surface area contributed by atoms with Crippen molar-refractivity contribution in [2.45, 2.75) is 6.42 Å². The van der Waals surface area contributed by atoms with Crippen LogP contribution in [0.3, 0.4) is 0 Å². The predicted octanol–water partition coefficient (Wildman–Crippen LogP) is 3.29. The third kappa shape index (κ3) is 5.39. The van der Waals surface area contributed by atoms with Crippen LogP contribution in [-0.2, 0) is 16.0 Å². The third-order valence-electron chi connectivity index (χ3n) is 2.05. The molecule has 1 aromatic rings. The van der Waals surface area contributed by atoms with Crippen molar-refractivity contribution in [3.63, 3.8) is 0 Å². The van der Waals surface area contributed by atoms with Crippen molar-refractivity contribution in [1.82, 2.24) is 0 Å². The molecule has 94 valence electrons. The van der Waals surface area contributed by atoms with Crippen molar-refractivity contribution in [2.24, 2.45) is 5.11 Å². The standard InChI is InChI=1S/C12H12ClN3O2/c13-11-6-2-1-5-10(11)9-12(17)18-8-4-3-7-15-16-14/h1-6H,7-9H2/b4-3+. The zero-order valence-corrected chi connectivity index (χ0v) is 10.4. The van der Waals surface area contributed by atoms with Gasteiger partial charge in [0.05, 0.1) is 6.42 Å². The summed E-state index contributed by atoms with van der Waals surface area (Å²) in [7, 11) is 0. The Kier molecular flexibility index (Phi) is 6.40. The molecule has 0 saturated heterocycles. The Hall–Kier alpha value is -1.97. The van der Waals surface area contributed by atoms with E-state index in [-0.39, 0.29) is 25.5 Å². The van der Waals surface area contributed by atoms with Gasteiger partial charge in [-0.2, -0.15) is 0 Å². The molecule has 0 spiro atoms. The van der Waals surface area contributed by atoms with Gasteiger partial charge in [0.2, 0.25) is 0 Å². The summed E-state index contributed by atoms with van der Waals surface area (Å²) < 4.78 is 4.96. The molecule has 0 amide bonds. The Balaban J connectivity index is 2.32. The molecule has 0 heterocycles. The maximum atomic E-state index is 11.5. The number of rotatable bonds is 6. The summed E-state index contributed by atoms with van der Waals surface area (Å²) in [5.74, 6) is -0.350. The number of hydrogen-bond donors (Lipinski definition) is 0. The zero-order chi connectivity index (χ0) is 13.2. The molecule has 0 aromatic heterocycles. The lowest BCUT2D eigenvalue weighted by Gasteiger charge is -2.03. The molecule has 1 aromatic carbocycles. The summed E-state index contributed by atoms with van der Waals surface area (Å²) in [6.45, 7) is 0.406. The van der Waals surface area contributed by atoms with Gasteiger partial charge >= 0.3 is 5.97 Å². The van der Waals surface area contributed by atoms with Crippen LogP contribution in [0.15, 0.2) is 41.5 Å². The van der Waals surface area contributed by atoms with Crippen molar-refractivity contribution in [1.29, 1.82) is 0 Å². The number of carbonyl (C=O) groups is 1. The molecule has 6 heteroatoms. The largest absolute Gasteiger partial charge is 0.461 e. The van der Waals surface area contributed by atoms with Crippen LogP contribution in [0, 0.1) is 0 Å². The second-order valence-electron chi connectivity index (χ2n) is 3.34. The Morgan fingerprint density at radius 2 is 2.22 bits per heavy atom. The minimum absolute atomic E-state index is 0.143. The Morgan fingerprint density at radius 3 is 2.94 bits per heavy atom. The monoisotopic (exact) mass is 265 g/mol. The van der Waals surface area contributed by atoms with Crippen LogP contribution in [0.4, 0.5) is 0 Å². The van der Waals surface area contributed by atoms with Gasteiger partial charge in [-0.15, -0.1) is 0 Å². The minimum Gasteiger partial charge on any atom is -0.461 e. The summed E-state index contributed by atoms with van der Waals surface area (Å²) in [5, 5.41) is 3.85. The number of ether oxygens (including phenoxy) is 1. The van der Waals surface area contributed by atoms with E-state index in [1.807, 2.05) is 6.07 Å². The van der Waals surface area contributed by atoms with Gasteiger partial charge in [0.1, 0.15) is 6.61 Å². The van der Waals surface area contributed by atoms with Crippen LogP contribution in [0.5, 0.6) is 0 Å². The highest BCUT2D eigenvalue weighted by Gasteiger charge is 2.06. The Bertz CT molecular complexity index is 482. The van der Waals surface area contributed by atoms with Gasteiger partial charge in [0, 0.05) is 16.5 Å². The van der Waals surface area contributed by atoms with Crippen LogP contribution < -0.4 is 0 Å². The number of carbonyl (C=O) groups excluding carboxylic acids is 1. The molecule has 0 fully saturated rings. The van der Waals surface area contributed by atoms with Crippen LogP contribution in [0.2, 0.25) is 5.02 Å². The molecular weight excluding hydrogens is 254 g/mol. The molecule has 0 radical (unpaired) electrons. The van der Waals surface area contributed by atoms with Gasteiger partial charge in [0.25, 0.3) is 0 Å². The lowest BCUT2D eigenvalue weighted by molar-refractivity contribution is -0.141. The van der Waals surface area contributed by atoms with Crippen LogP contribution in [0.1, 0.15) is 5.56 Å². The van der Waals surface area contributed by atoms with E-state index in [1.165, 1.54) is 0 Å². The summed E-state index contributed by atoms with van der Waals surface area (Å²) in [5.41, 5.74) is 8.77. The molecule has 1 rings (SSSR count). The van der Waals surface area contributed by atoms with E-state index in [0.29, 0.717) is 5.02 Å². The Morgan fingerprint density at radius 1 is 1.44 bits per heavy atom. The van der Waals surface area contributed by atoms with E-state index in [4.69, 9.17) is 21.9 Å². The molecule has 18 heavy (non-hydrogen) atoms. The topological polar surface area (TPSA) is 75.1 Å². The number of esters is 1. The maximum absolute atomic E-state index is 11.5. The van der Waals surface area contributed by atoms with Crippen molar-refractivity contribution >= 4 is 17.6 Å². The quantitative estimate of drug-likeness (QED) is 0.260. The first-order valence-electron chi connectivity index (χ1n) is 5.29. The highest BCUT2D eigenvalue weighted by molar-refractivity contribution is 6.31. The number of azide groups is 1. The molecule has 0 N–H and O–H groups in total. The summed E-state index contributed by atoms with van der Waals surface area (Å²) >= 11 is 5.92. The minimum atomic E-state index is -0.350. The average Bonchev–Trinajstić information content (AvgIpc) is 2.36. The van der Waals surface area contributed by atoms with Crippen molar-refractivity contribution in [3.8, 4) is 0 Å². The highest BCUT2D eigenvalue weighted by Crippen LogP contribution is 2.15. The molecule has 5 nitrogen and oxygen atoms in total. The average molecular weight is 266 g/mol. The normalized spacial score (nSPS) is 10.1. The highest BCUT2D eigenvalue weighted by atomic mass is 35.5. The molecule has 0 unspecified atom stereocenters. The molecule has 0 saturated carbocycles. The molecule has 0 atom stereocenters. The smallest absolute Gasteiger partial charge is 0.310 e. The zero-order valence-electron chi connectivity index (χ0n) is 9.62. The van der Waals surface area contributed by atoms with Crippen LogP contribution >= 0.6 is 11.6 Å². The summed E-state index contributed by atoms with van der Waals surface area (Å²) in [6.07, 6.45) is 3.39. The number of nitrogens with zero attached hydrogens (tertiary/aromatic N) is 3. The van der Waals surface area contributed by atoms with Crippen molar-refractivity contribution in [2.75, 3.05) is 13.2 Å². The van der Waals surface area contributed by atoms with E-state index >= 15 is 0 Å². The molecule has 0 aliphatic rings. The van der Waals surface area contributed by atoms with Gasteiger partial charge < -0.3 is 4.74 Å². The molecule has 0 aliphatic carbocycles. The van der Waals surface area contributed by atoms with E-state index in [0.717, 1.165) is 5.56 Å². The molecule has 0 bridgehead atoms. The first-order chi connectivity index (χ1) is 8.74. The summed E-state index contributed by atoms with van der Waals surface area (Å²) in [4.78, 5) is 14.0. The predicted molar refractivity (Wildman–Crippen MR) is 69.3 cm³/mol. The van der Waals surface area contributed by atoms with Gasteiger partial charge in [-0.1, -0.05) is 47.1 Å². The van der Waals surface area contributed by atoms with E-state index in [9.17, 15) is 4.79 Å². The van der Waals surface area contributed by atoms with Crippen LogP contribution in [-0.4, -0.2) is 19.1 Å². The van der Waals surface area contributed by atoms with Crippen molar-refractivity contribution in [3.05, 3.63) is 57.4 Å². The first-order valence-corrected chi connectivity index (χ1v) is 5.66. The lowest BCUT2D eigenvalue weighted by Crippen LogP contribution is -2.08. The molecule has 0 aliphatic heterocycles. The second kappa shape index (κ2) is 8.17. The number of benzene rings is 1. The third-order valence-corrected chi connectivity index (χ3v) is 2.42. The first kappa shape index (κ1) is 14.1. The van der Waals surface area contributed by atoms with Crippen molar-refractivity contribution < 1.29 is 9.53 Å². The van der Waals surface area contributed by atoms with Crippen LogP contribution in [0.25, 0.3) is 10.4 Å². The summed E-state index contributed by atoms with van der Waals surface area (Å²) in [6, 6.07) is 7.12. The Labute approximate surface area is 110 Å². The van der Waals surface area contributed by atoms with Gasteiger partial charge in [0.15, 0.2) is 0 Å². The lowest BCUT2D eigenvalue weighted by atomic mass is 10.1. The number of halogens is 1. The van der Waals surface area contributed by atoms with E-state index in [2.05, 4.69) is 10.0 Å². The number of hydrogen-bond acceptors (Lipinski definition) is 3. The SMILES string of the molecule is [N-]=[N+]=NC/C=C/COC(=O)Cc1ccccc1Cl. The van der Waals surface area contributed by atoms with Gasteiger partial charge in [-0.05, 0) is 17.2 Å². The maximum Gasteiger partial charge on any atom is 0.310 e. The fourth-order valence-corrected chi connectivity index (χ4v) is 1.42.